The molecule has 14 nitrogen and oxygen atoms in total. The summed E-state index contributed by atoms with van der Waals surface area (Å²) in [6.07, 6.45) is 5.51. The molecule has 0 spiro atoms. The molecule has 0 aliphatic rings. The first-order valence-electron chi connectivity index (χ1n) is 12.5. The molecule has 0 aliphatic heterocycles. The molecule has 1 aromatic carbocycles. The van der Waals surface area contributed by atoms with Gasteiger partial charge in [0, 0.05) is 31.9 Å². The number of hydroxylamine groups is 2. The molecule has 1 amide bonds. The van der Waals surface area contributed by atoms with Crippen LogP contribution in [0.4, 0.5) is 16.4 Å². The van der Waals surface area contributed by atoms with Crippen molar-refractivity contribution in [1.29, 1.82) is 0 Å². The van der Waals surface area contributed by atoms with Gasteiger partial charge in [-0.25, -0.2) is 9.78 Å². The summed E-state index contributed by atoms with van der Waals surface area (Å²) >= 11 is 0. The molecule has 0 saturated heterocycles. The van der Waals surface area contributed by atoms with Crippen molar-refractivity contribution in [3.8, 4) is 5.88 Å². The molecule has 0 radical (unpaired) electrons. The summed E-state index contributed by atoms with van der Waals surface area (Å²) in [5, 5.41) is 21.9. The fourth-order valence-corrected chi connectivity index (χ4v) is 3.79. The molecule has 0 fully saturated rings. The minimum absolute atomic E-state index is 0.00321. The number of carbonyl (C=O) groups excluding carboxylic acids is 1. The largest absolute Gasteiger partial charge is 0.481 e. The van der Waals surface area contributed by atoms with Crippen LogP contribution in [0.3, 0.4) is 0 Å². The van der Waals surface area contributed by atoms with E-state index in [9.17, 15) is 9.90 Å². The highest BCUT2D eigenvalue weighted by Crippen LogP contribution is 2.18. The standard InChI is InChI=1S/C25H36N9O5P/c1-32(39-18-40-3)17-27-25(36)38-16-21-15-34(31-30-21)11-10-33(12-13-35)22-8-5-19(6-9-22)4-7-20-14-23(37-2)29-24(26)28-20/h4-9,14-15,35,40H,10-13,16-18H2,1-3H3,(H,27,36)(H2,26,28,29)/b7-4+. The number of hydrogen-bond acceptors (Lipinski definition) is 12. The fraction of sp³-hybridized carbons (Fsp3) is 0.400. The third kappa shape index (κ3) is 10.4. The van der Waals surface area contributed by atoms with Crippen LogP contribution in [0.2, 0.25) is 0 Å². The van der Waals surface area contributed by atoms with Crippen molar-refractivity contribution in [2.75, 3.05) is 64.2 Å². The molecule has 0 aliphatic carbocycles. The summed E-state index contributed by atoms with van der Waals surface area (Å²) in [6, 6.07) is 9.61. The zero-order valence-corrected chi connectivity index (χ0v) is 23.9. The van der Waals surface area contributed by atoms with E-state index in [1.807, 2.05) is 48.0 Å². The number of hydrogen-bond donors (Lipinski definition) is 3. The quantitative estimate of drug-likeness (QED) is 0.129. The zero-order valence-electron chi connectivity index (χ0n) is 22.9. The van der Waals surface area contributed by atoms with Crippen molar-refractivity contribution >= 4 is 38.5 Å². The van der Waals surface area contributed by atoms with Gasteiger partial charge in [0.15, 0.2) is 0 Å². The molecule has 216 valence electrons. The van der Waals surface area contributed by atoms with Crippen molar-refractivity contribution in [1.82, 2.24) is 35.3 Å². The Morgan fingerprint density at radius 3 is 2.75 bits per heavy atom. The maximum atomic E-state index is 11.9. The first-order valence-corrected chi connectivity index (χ1v) is 14.2. The maximum absolute atomic E-state index is 11.9. The van der Waals surface area contributed by atoms with E-state index in [-0.39, 0.29) is 25.8 Å². The van der Waals surface area contributed by atoms with E-state index in [0.29, 0.717) is 51.8 Å². The number of carbonyl (C=O) groups is 1. The van der Waals surface area contributed by atoms with Crippen LogP contribution in [-0.4, -0.2) is 94.8 Å². The molecule has 2 aromatic heterocycles. The minimum Gasteiger partial charge on any atom is -0.481 e. The van der Waals surface area contributed by atoms with Crippen LogP contribution >= 0.6 is 8.58 Å². The van der Waals surface area contributed by atoms with Gasteiger partial charge in [-0.3, -0.25) is 9.52 Å². The molecule has 0 bridgehead atoms. The average molecular weight is 574 g/mol. The van der Waals surface area contributed by atoms with Crippen molar-refractivity contribution in [3.05, 3.63) is 53.5 Å². The Morgan fingerprint density at radius 2 is 2.02 bits per heavy atom. The van der Waals surface area contributed by atoms with Gasteiger partial charge in [-0.1, -0.05) is 32.0 Å². The summed E-state index contributed by atoms with van der Waals surface area (Å²) in [6.45, 7) is 3.81. The lowest BCUT2D eigenvalue weighted by Gasteiger charge is -2.24. The normalized spacial score (nSPS) is 11.5. The highest BCUT2D eigenvalue weighted by Gasteiger charge is 2.10. The number of aliphatic hydroxyl groups excluding tert-OH is 1. The van der Waals surface area contributed by atoms with Crippen LogP contribution in [0.25, 0.3) is 12.2 Å². The molecule has 2 heterocycles. The third-order valence-electron chi connectivity index (χ3n) is 5.44. The molecule has 0 saturated carbocycles. The summed E-state index contributed by atoms with van der Waals surface area (Å²) in [5.41, 5.74) is 8.80. The van der Waals surface area contributed by atoms with E-state index in [0.717, 1.165) is 11.3 Å². The molecule has 15 heteroatoms. The predicted molar refractivity (Wildman–Crippen MR) is 154 cm³/mol. The van der Waals surface area contributed by atoms with Crippen LogP contribution in [0, 0.1) is 0 Å². The fourth-order valence-electron chi connectivity index (χ4n) is 3.44. The van der Waals surface area contributed by atoms with Crippen LogP contribution in [0.5, 0.6) is 5.88 Å². The summed E-state index contributed by atoms with van der Waals surface area (Å²) in [4.78, 5) is 27.5. The SMILES string of the molecule is COc1cc(/C=C/c2ccc(N(CCO)CCn3cc(COC(=O)NCN(C)OCPC)nn3)cc2)nc(N)n1. The Kier molecular flexibility index (Phi) is 12.5. The Morgan fingerprint density at radius 1 is 1.23 bits per heavy atom. The van der Waals surface area contributed by atoms with Crippen LogP contribution in [0.15, 0.2) is 36.5 Å². The van der Waals surface area contributed by atoms with E-state index < -0.39 is 6.09 Å². The number of aliphatic hydroxyl groups is 1. The first kappa shape index (κ1) is 30.7. The van der Waals surface area contributed by atoms with Gasteiger partial charge in [-0.2, -0.15) is 10.0 Å². The number of methoxy groups -OCH3 is 1. The van der Waals surface area contributed by atoms with Gasteiger partial charge in [0.1, 0.15) is 12.3 Å². The Labute approximate surface area is 234 Å². The molecule has 1 atom stereocenters. The van der Waals surface area contributed by atoms with Crippen molar-refractivity contribution < 1.29 is 24.2 Å². The zero-order chi connectivity index (χ0) is 28.7. The number of nitrogens with two attached hydrogens (primary N) is 1. The van der Waals surface area contributed by atoms with Crippen LogP contribution in [0.1, 0.15) is 17.0 Å². The highest BCUT2D eigenvalue weighted by molar-refractivity contribution is 7.36. The maximum Gasteiger partial charge on any atom is 0.408 e. The number of amides is 1. The number of anilines is 2. The van der Waals surface area contributed by atoms with E-state index in [4.69, 9.17) is 20.0 Å². The van der Waals surface area contributed by atoms with Gasteiger partial charge in [0.25, 0.3) is 0 Å². The molecular weight excluding hydrogens is 537 g/mol. The monoisotopic (exact) mass is 573 g/mol. The molecule has 3 aromatic rings. The van der Waals surface area contributed by atoms with E-state index in [1.54, 1.807) is 24.0 Å². The summed E-state index contributed by atoms with van der Waals surface area (Å²) < 4.78 is 12.0. The molecule has 1 unspecified atom stereocenters. The lowest BCUT2D eigenvalue weighted by molar-refractivity contribution is -0.121. The highest BCUT2D eigenvalue weighted by atomic mass is 31.1. The lowest BCUT2D eigenvalue weighted by Crippen LogP contribution is -2.35. The van der Waals surface area contributed by atoms with Gasteiger partial charge in [0.2, 0.25) is 11.8 Å². The van der Waals surface area contributed by atoms with Gasteiger partial charge in [-0.05, 0) is 30.4 Å². The predicted octanol–water partition coefficient (Wildman–Crippen LogP) is 1.64. The van der Waals surface area contributed by atoms with E-state index in [1.165, 1.54) is 12.2 Å². The first-order chi connectivity index (χ1) is 19.4. The van der Waals surface area contributed by atoms with Gasteiger partial charge in [-0.15, -0.1) is 5.10 Å². The van der Waals surface area contributed by atoms with Crippen molar-refractivity contribution in [3.63, 3.8) is 0 Å². The van der Waals surface area contributed by atoms with Crippen molar-refractivity contribution in [2.24, 2.45) is 0 Å². The second-order valence-electron chi connectivity index (χ2n) is 8.47. The third-order valence-corrected chi connectivity index (χ3v) is 5.85. The second-order valence-corrected chi connectivity index (χ2v) is 9.46. The topological polar surface area (TPSA) is 166 Å². The lowest BCUT2D eigenvalue weighted by atomic mass is 10.1. The Hall–Kier alpha value is -3.84. The molecule has 3 rings (SSSR count). The number of rotatable bonds is 16. The van der Waals surface area contributed by atoms with Crippen LogP contribution in [-0.2, 0) is 22.7 Å². The van der Waals surface area contributed by atoms with E-state index in [2.05, 4.69) is 25.6 Å². The number of benzene rings is 1. The number of nitrogens with one attached hydrogen (secondary N) is 1. The average Bonchev–Trinajstić information content (AvgIpc) is 3.42. The van der Waals surface area contributed by atoms with Crippen LogP contribution < -0.4 is 20.7 Å². The second kappa shape index (κ2) is 16.3. The molecule has 40 heavy (non-hydrogen) atoms. The van der Waals surface area contributed by atoms with Gasteiger partial charge < -0.3 is 30.5 Å². The summed E-state index contributed by atoms with van der Waals surface area (Å²) in [7, 11) is 3.92. The molecule has 4 N–H and O–H groups in total. The van der Waals surface area contributed by atoms with Gasteiger partial charge >= 0.3 is 6.09 Å². The Bertz CT molecular complexity index is 1230. The summed E-state index contributed by atoms with van der Waals surface area (Å²) in [5.74, 6) is 0.542. The smallest absolute Gasteiger partial charge is 0.408 e. The number of ether oxygens (including phenoxy) is 2. The van der Waals surface area contributed by atoms with E-state index >= 15 is 0 Å². The number of aromatic nitrogens is 5. The van der Waals surface area contributed by atoms with Crippen molar-refractivity contribution in [2.45, 2.75) is 13.2 Å². The number of nitrogens with zero attached hydrogens (tertiary/aromatic N) is 7. The molecular formula is C25H36N9O5P. The number of nitrogen functional groups attached to an aromatic ring is 1. The number of alkyl carbamates (subject to hydrolysis) is 1. The Balaban J connectivity index is 1.49. The van der Waals surface area contributed by atoms with Gasteiger partial charge in [0.05, 0.1) is 45.2 Å². The minimum atomic E-state index is -0.572.